The third kappa shape index (κ3) is 3.40. The number of aromatic nitrogens is 1. The molecule has 1 amide bonds. The van der Waals surface area contributed by atoms with Crippen molar-refractivity contribution in [3.63, 3.8) is 0 Å². The summed E-state index contributed by atoms with van der Waals surface area (Å²) in [4.78, 5) is 24.4. The van der Waals surface area contributed by atoms with Gasteiger partial charge in [0.1, 0.15) is 0 Å². The highest BCUT2D eigenvalue weighted by Crippen LogP contribution is 2.31. The molecule has 0 saturated heterocycles. The van der Waals surface area contributed by atoms with Gasteiger partial charge < -0.3 is 14.6 Å². The van der Waals surface area contributed by atoms with Crippen LogP contribution in [0.15, 0.2) is 41.1 Å². The third-order valence-corrected chi connectivity index (χ3v) is 5.04. The van der Waals surface area contributed by atoms with Crippen LogP contribution in [0.5, 0.6) is 0 Å². The van der Waals surface area contributed by atoms with E-state index in [4.69, 9.17) is 27.9 Å². The number of carbonyl (C=O) groups is 2. The number of hydrogen-bond acceptors (Lipinski definition) is 3. The Balaban J connectivity index is 2.13. The Morgan fingerprint density at radius 2 is 1.89 bits per heavy atom. The SMILES string of the molecule is COC(=O)C1=C(C)NC(=O)C1=Cc1cc(C)n(-c2ccc(Cl)cc2Cl)c1C. The monoisotopic (exact) mass is 404 g/mol. The lowest BCUT2D eigenvalue weighted by molar-refractivity contribution is -0.136. The van der Waals surface area contributed by atoms with Crippen LogP contribution in [0.3, 0.4) is 0 Å². The normalized spacial score (nSPS) is 15.5. The van der Waals surface area contributed by atoms with E-state index < -0.39 is 5.97 Å². The topological polar surface area (TPSA) is 60.3 Å². The van der Waals surface area contributed by atoms with Gasteiger partial charge in [0.25, 0.3) is 5.91 Å². The third-order valence-electron chi connectivity index (χ3n) is 4.50. The van der Waals surface area contributed by atoms with Crippen LogP contribution < -0.4 is 5.32 Å². The number of allylic oxidation sites excluding steroid dienone is 1. The summed E-state index contributed by atoms with van der Waals surface area (Å²) in [5, 5.41) is 3.75. The Bertz CT molecular complexity index is 1030. The number of ether oxygens (including phenoxy) is 1. The molecule has 0 spiro atoms. The van der Waals surface area contributed by atoms with Crippen LogP contribution >= 0.6 is 23.2 Å². The van der Waals surface area contributed by atoms with Crippen LogP contribution in [0.25, 0.3) is 11.8 Å². The minimum Gasteiger partial charge on any atom is -0.465 e. The number of benzene rings is 1. The number of methoxy groups -OCH3 is 1. The lowest BCUT2D eigenvalue weighted by atomic mass is 10.0. The first-order chi connectivity index (χ1) is 12.7. The van der Waals surface area contributed by atoms with Crippen molar-refractivity contribution >= 4 is 41.2 Å². The van der Waals surface area contributed by atoms with Crippen molar-refractivity contribution in [2.45, 2.75) is 20.8 Å². The van der Waals surface area contributed by atoms with E-state index in [0.717, 1.165) is 22.6 Å². The van der Waals surface area contributed by atoms with E-state index in [0.29, 0.717) is 15.7 Å². The van der Waals surface area contributed by atoms with E-state index in [2.05, 4.69) is 5.32 Å². The molecule has 2 aromatic rings. The van der Waals surface area contributed by atoms with Crippen LogP contribution in [0.1, 0.15) is 23.9 Å². The van der Waals surface area contributed by atoms with E-state index in [9.17, 15) is 9.59 Å². The summed E-state index contributed by atoms with van der Waals surface area (Å²) in [5.74, 6) is -0.881. The minimum absolute atomic E-state index is 0.247. The zero-order chi connectivity index (χ0) is 19.9. The average Bonchev–Trinajstić information content (AvgIpc) is 3.03. The summed E-state index contributed by atoms with van der Waals surface area (Å²) >= 11 is 12.4. The predicted molar refractivity (Wildman–Crippen MR) is 106 cm³/mol. The van der Waals surface area contributed by atoms with Gasteiger partial charge in [0.2, 0.25) is 0 Å². The molecule has 5 nitrogen and oxygen atoms in total. The van der Waals surface area contributed by atoms with Crippen molar-refractivity contribution in [3.05, 3.63) is 68.1 Å². The lowest BCUT2D eigenvalue weighted by Crippen LogP contribution is -2.15. The van der Waals surface area contributed by atoms with Crippen molar-refractivity contribution < 1.29 is 14.3 Å². The largest absolute Gasteiger partial charge is 0.465 e. The van der Waals surface area contributed by atoms with Gasteiger partial charge >= 0.3 is 5.97 Å². The molecule has 1 aromatic carbocycles. The number of carbonyl (C=O) groups excluding carboxylic acids is 2. The van der Waals surface area contributed by atoms with Crippen molar-refractivity contribution in [2.75, 3.05) is 7.11 Å². The number of hydrogen-bond donors (Lipinski definition) is 1. The maximum Gasteiger partial charge on any atom is 0.340 e. The molecule has 0 bridgehead atoms. The van der Waals surface area contributed by atoms with Gasteiger partial charge in [-0.05, 0) is 56.7 Å². The molecule has 0 fully saturated rings. The summed E-state index contributed by atoms with van der Waals surface area (Å²) < 4.78 is 6.79. The molecule has 1 N–H and O–H groups in total. The zero-order valence-corrected chi connectivity index (χ0v) is 16.8. The van der Waals surface area contributed by atoms with Crippen molar-refractivity contribution in [2.24, 2.45) is 0 Å². The van der Waals surface area contributed by atoms with Crippen molar-refractivity contribution in [3.8, 4) is 5.69 Å². The van der Waals surface area contributed by atoms with Gasteiger partial charge in [0, 0.05) is 22.1 Å². The molecule has 0 radical (unpaired) electrons. The Kier molecular flexibility index (Phi) is 5.18. The maximum absolute atomic E-state index is 12.3. The summed E-state index contributed by atoms with van der Waals surface area (Å²) in [6.45, 7) is 5.53. The molecule has 27 heavy (non-hydrogen) atoms. The molecule has 1 aliphatic rings. The molecule has 0 aliphatic carbocycles. The van der Waals surface area contributed by atoms with E-state index in [1.54, 1.807) is 25.1 Å². The molecule has 1 aromatic heterocycles. The predicted octanol–water partition coefficient (Wildman–Crippen LogP) is 4.36. The van der Waals surface area contributed by atoms with Gasteiger partial charge in [-0.3, -0.25) is 4.79 Å². The van der Waals surface area contributed by atoms with Crippen LogP contribution in [0.2, 0.25) is 10.0 Å². The Morgan fingerprint density at radius 3 is 2.52 bits per heavy atom. The van der Waals surface area contributed by atoms with Crippen LogP contribution in [0, 0.1) is 13.8 Å². The Hall–Kier alpha value is -2.50. The Morgan fingerprint density at radius 1 is 1.19 bits per heavy atom. The van der Waals surface area contributed by atoms with Gasteiger partial charge in [0.15, 0.2) is 0 Å². The first-order valence-corrected chi connectivity index (χ1v) is 8.97. The van der Waals surface area contributed by atoms with Crippen LogP contribution in [-0.4, -0.2) is 23.6 Å². The second-order valence-corrected chi connectivity index (χ2v) is 7.10. The number of rotatable bonds is 3. The summed E-state index contributed by atoms with van der Waals surface area (Å²) in [7, 11) is 1.29. The highest BCUT2D eigenvalue weighted by Gasteiger charge is 2.31. The molecular formula is C20H18Cl2N2O3. The minimum atomic E-state index is -0.549. The number of amides is 1. The van der Waals surface area contributed by atoms with Gasteiger partial charge in [-0.1, -0.05) is 23.2 Å². The molecular weight excluding hydrogens is 387 g/mol. The van der Waals surface area contributed by atoms with E-state index in [1.165, 1.54) is 7.11 Å². The lowest BCUT2D eigenvalue weighted by Gasteiger charge is -2.12. The van der Waals surface area contributed by atoms with Crippen molar-refractivity contribution in [1.29, 1.82) is 0 Å². The maximum atomic E-state index is 12.3. The summed E-state index contributed by atoms with van der Waals surface area (Å²) in [5.41, 5.74) is 4.41. The molecule has 0 atom stereocenters. The number of nitrogens with zero attached hydrogens (tertiary/aromatic N) is 1. The molecule has 7 heteroatoms. The van der Waals surface area contributed by atoms with Gasteiger partial charge in [-0.25, -0.2) is 4.79 Å². The summed E-state index contributed by atoms with van der Waals surface area (Å²) in [6.07, 6.45) is 1.70. The van der Waals surface area contributed by atoms with Gasteiger partial charge in [-0.2, -0.15) is 0 Å². The fourth-order valence-corrected chi connectivity index (χ4v) is 3.73. The van der Waals surface area contributed by atoms with Crippen molar-refractivity contribution in [1.82, 2.24) is 9.88 Å². The second-order valence-electron chi connectivity index (χ2n) is 6.26. The molecule has 0 unspecified atom stereocenters. The van der Waals surface area contributed by atoms with E-state index in [1.807, 2.05) is 30.5 Å². The van der Waals surface area contributed by atoms with E-state index >= 15 is 0 Å². The zero-order valence-electron chi connectivity index (χ0n) is 15.3. The highest BCUT2D eigenvalue weighted by atomic mass is 35.5. The standard InChI is InChI=1S/C20H18Cl2N2O3/c1-10-7-13(8-15-18(20(26)27-4)11(2)23-19(15)25)12(3)24(10)17-6-5-14(21)9-16(17)22/h5-9H,1-4H3,(H,23,25). The van der Waals surface area contributed by atoms with E-state index in [-0.39, 0.29) is 17.1 Å². The highest BCUT2D eigenvalue weighted by molar-refractivity contribution is 6.35. The molecule has 0 saturated carbocycles. The van der Waals surface area contributed by atoms with Crippen LogP contribution in [-0.2, 0) is 14.3 Å². The molecule has 140 valence electrons. The smallest absolute Gasteiger partial charge is 0.340 e. The molecule has 1 aliphatic heterocycles. The summed E-state index contributed by atoms with van der Waals surface area (Å²) in [6, 6.07) is 7.23. The van der Waals surface area contributed by atoms with Crippen LogP contribution in [0.4, 0.5) is 0 Å². The number of esters is 1. The average molecular weight is 405 g/mol. The first kappa shape index (κ1) is 19.3. The van der Waals surface area contributed by atoms with Gasteiger partial charge in [0.05, 0.1) is 29.0 Å². The molecule has 3 rings (SSSR count). The first-order valence-electron chi connectivity index (χ1n) is 8.21. The molecule has 2 heterocycles. The Labute approximate surface area is 167 Å². The second kappa shape index (κ2) is 7.25. The number of aryl methyl sites for hydroxylation is 1. The quantitative estimate of drug-likeness (QED) is 0.610. The fourth-order valence-electron chi connectivity index (χ4n) is 3.24. The van der Waals surface area contributed by atoms with Gasteiger partial charge in [-0.15, -0.1) is 0 Å². The number of halogens is 2. The number of nitrogens with one attached hydrogen (secondary N) is 1. The fraction of sp³-hybridized carbons (Fsp3) is 0.200.